The van der Waals surface area contributed by atoms with Crippen molar-refractivity contribution in [3.8, 4) is 6.07 Å². The molecular weight excluding hydrogens is 290 g/mol. The molecule has 0 amide bonds. The first kappa shape index (κ1) is 12.0. The summed E-state index contributed by atoms with van der Waals surface area (Å²) >= 11 is 3.23. The lowest BCUT2D eigenvalue weighted by molar-refractivity contribution is 0.546. The first-order valence-corrected chi connectivity index (χ1v) is 8.03. The largest absolute Gasteiger partial charge is 0.304 e. The lowest BCUT2D eigenvalue weighted by Gasteiger charge is -2.22. The van der Waals surface area contributed by atoms with Crippen molar-refractivity contribution in [1.82, 2.24) is 19.9 Å². The Morgan fingerprint density at radius 2 is 2.45 bits per heavy atom. The fourth-order valence-electron chi connectivity index (χ4n) is 2.60. The van der Waals surface area contributed by atoms with E-state index in [0.717, 1.165) is 39.2 Å². The Morgan fingerprint density at radius 3 is 3.25 bits per heavy atom. The molecule has 1 atom stereocenters. The predicted octanol–water partition coefficient (Wildman–Crippen LogP) is 2.27. The summed E-state index contributed by atoms with van der Waals surface area (Å²) in [5.41, 5.74) is 2.97. The van der Waals surface area contributed by atoms with Gasteiger partial charge in [0.05, 0.1) is 23.0 Å². The summed E-state index contributed by atoms with van der Waals surface area (Å²) in [7, 11) is 0. The molecule has 0 aromatic carbocycles. The van der Waals surface area contributed by atoms with Crippen LogP contribution in [-0.2, 0) is 6.42 Å². The molecule has 7 heteroatoms. The van der Waals surface area contributed by atoms with E-state index in [9.17, 15) is 0 Å². The van der Waals surface area contributed by atoms with Crippen molar-refractivity contribution in [3.05, 3.63) is 38.3 Å². The van der Waals surface area contributed by atoms with Gasteiger partial charge >= 0.3 is 0 Å². The molecule has 0 saturated carbocycles. The average molecular weight is 301 g/mol. The van der Waals surface area contributed by atoms with Crippen LogP contribution in [-0.4, -0.2) is 21.1 Å². The number of aromatic nitrogens is 3. The Labute approximate surface area is 123 Å². The lowest BCUT2D eigenvalue weighted by Crippen LogP contribution is -2.31. The number of hydrogen-bond acceptors (Lipinski definition) is 6. The second-order valence-electron chi connectivity index (χ2n) is 4.75. The first-order valence-electron chi connectivity index (χ1n) is 6.33. The van der Waals surface area contributed by atoms with Gasteiger partial charge in [-0.05, 0) is 13.0 Å². The van der Waals surface area contributed by atoms with E-state index in [4.69, 9.17) is 10.2 Å². The summed E-state index contributed by atoms with van der Waals surface area (Å²) in [6.07, 6.45) is 0.928. The molecule has 1 unspecified atom stereocenters. The Kier molecular flexibility index (Phi) is 2.63. The van der Waals surface area contributed by atoms with E-state index in [1.165, 1.54) is 0 Å². The van der Waals surface area contributed by atoms with Gasteiger partial charge in [-0.25, -0.2) is 9.50 Å². The number of hydrogen-bond donors (Lipinski definition) is 1. The molecule has 1 N–H and O–H groups in total. The monoisotopic (exact) mass is 301 g/mol. The maximum absolute atomic E-state index is 8.99. The molecule has 5 nitrogen and oxygen atoms in total. The van der Waals surface area contributed by atoms with Gasteiger partial charge < -0.3 is 5.32 Å². The summed E-state index contributed by atoms with van der Waals surface area (Å²) in [4.78, 5) is 6.80. The summed E-state index contributed by atoms with van der Waals surface area (Å²) in [5, 5.41) is 20.0. The van der Waals surface area contributed by atoms with E-state index in [0.29, 0.717) is 5.56 Å². The number of nitriles is 1. The molecule has 0 spiro atoms. The summed E-state index contributed by atoms with van der Waals surface area (Å²) in [6, 6.07) is 4.23. The number of fused-ring (bicyclic) bond motifs is 3. The summed E-state index contributed by atoms with van der Waals surface area (Å²) in [5.74, 6) is 0. The molecule has 3 aromatic heterocycles. The van der Waals surface area contributed by atoms with Crippen molar-refractivity contribution in [1.29, 1.82) is 5.26 Å². The molecule has 0 saturated heterocycles. The van der Waals surface area contributed by atoms with Gasteiger partial charge in [0.15, 0.2) is 0 Å². The van der Waals surface area contributed by atoms with Crippen molar-refractivity contribution in [2.75, 3.05) is 6.54 Å². The molecule has 100 valence electrons. The highest BCUT2D eigenvalue weighted by molar-refractivity contribution is 7.16. The standard InChI is InChI=1S/C13H11N5S2/c1-7-17-18-12-9(16-13(18)20-7)2-3-15-11(12)10-4-8(5-14)6-19-10/h4,6,11,15H,2-3H2,1H3. The van der Waals surface area contributed by atoms with E-state index < -0.39 is 0 Å². The zero-order valence-electron chi connectivity index (χ0n) is 10.8. The van der Waals surface area contributed by atoms with Crippen LogP contribution in [0.3, 0.4) is 0 Å². The Morgan fingerprint density at radius 1 is 1.55 bits per heavy atom. The van der Waals surface area contributed by atoms with Crippen LogP contribution in [0.5, 0.6) is 0 Å². The third-order valence-corrected chi connectivity index (χ3v) is 5.25. The van der Waals surface area contributed by atoms with E-state index in [-0.39, 0.29) is 6.04 Å². The van der Waals surface area contributed by atoms with E-state index in [1.54, 1.807) is 22.7 Å². The maximum Gasteiger partial charge on any atom is 0.212 e. The van der Waals surface area contributed by atoms with Gasteiger partial charge in [-0.15, -0.1) is 11.3 Å². The highest BCUT2D eigenvalue weighted by Crippen LogP contribution is 2.33. The van der Waals surface area contributed by atoms with Gasteiger partial charge in [0.1, 0.15) is 11.1 Å². The molecule has 4 rings (SSSR count). The molecule has 4 heterocycles. The van der Waals surface area contributed by atoms with Crippen LogP contribution in [0, 0.1) is 18.3 Å². The molecule has 1 aliphatic heterocycles. The van der Waals surface area contributed by atoms with Gasteiger partial charge in [0.2, 0.25) is 4.96 Å². The zero-order valence-corrected chi connectivity index (χ0v) is 12.4. The molecule has 20 heavy (non-hydrogen) atoms. The van der Waals surface area contributed by atoms with Crippen molar-refractivity contribution in [2.24, 2.45) is 0 Å². The van der Waals surface area contributed by atoms with E-state index in [1.807, 2.05) is 22.9 Å². The highest BCUT2D eigenvalue weighted by Gasteiger charge is 2.29. The van der Waals surface area contributed by atoms with Crippen LogP contribution in [0.2, 0.25) is 0 Å². The zero-order chi connectivity index (χ0) is 13.7. The van der Waals surface area contributed by atoms with E-state index in [2.05, 4.69) is 16.5 Å². The first-order chi connectivity index (χ1) is 9.76. The third-order valence-electron chi connectivity index (χ3n) is 3.43. The number of rotatable bonds is 1. The number of aryl methyl sites for hydroxylation is 1. The molecule has 0 aliphatic carbocycles. The smallest absolute Gasteiger partial charge is 0.212 e. The van der Waals surface area contributed by atoms with Gasteiger partial charge in [0, 0.05) is 23.2 Å². The number of imidazole rings is 1. The molecular formula is C13H11N5S2. The molecule has 0 fully saturated rings. The van der Waals surface area contributed by atoms with Crippen LogP contribution in [0.15, 0.2) is 11.4 Å². The number of thiophene rings is 1. The number of nitrogens with one attached hydrogen (secondary N) is 1. The molecule has 3 aromatic rings. The second kappa shape index (κ2) is 4.38. The van der Waals surface area contributed by atoms with Crippen LogP contribution in [0.1, 0.15) is 32.9 Å². The average Bonchev–Trinajstić information content (AvgIpc) is 3.11. The summed E-state index contributed by atoms with van der Waals surface area (Å²) in [6.45, 7) is 2.90. The predicted molar refractivity (Wildman–Crippen MR) is 78.2 cm³/mol. The van der Waals surface area contributed by atoms with Crippen molar-refractivity contribution < 1.29 is 0 Å². The fourth-order valence-corrected chi connectivity index (χ4v) is 4.28. The minimum atomic E-state index is 0.0855. The van der Waals surface area contributed by atoms with Gasteiger partial charge in [-0.3, -0.25) is 0 Å². The minimum Gasteiger partial charge on any atom is -0.304 e. The Bertz CT molecular complexity index is 835. The van der Waals surface area contributed by atoms with Gasteiger partial charge in [-0.2, -0.15) is 10.4 Å². The second-order valence-corrected chi connectivity index (χ2v) is 6.85. The van der Waals surface area contributed by atoms with Crippen molar-refractivity contribution >= 4 is 27.6 Å². The normalized spacial score (nSPS) is 18.1. The Hall–Kier alpha value is -1.75. The third kappa shape index (κ3) is 1.69. The highest BCUT2D eigenvalue weighted by atomic mass is 32.1. The molecule has 1 aliphatic rings. The molecule has 0 bridgehead atoms. The number of nitrogens with zero attached hydrogens (tertiary/aromatic N) is 4. The van der Waals surface area contributed by atoms with E-state index >= 15 is 0 Å². The van der Waals surface area contributed by atoms with Gasteiger partial charge in [-0.1, -0.05) is 11.3 Å². The van der Waals surface area contributed by atoms with Gasteiger partial charge in [0.25, 0.3) is 0 Å². The lowest BCUT2D eigenvalue weighted by atomic mass is 10.0. The maximum atomic E-state index is 8.99. The van der Waals surface area contributed by atoms with Crippen molar-refractivity contribution in [3.63, 3.8) is 0 Å². The van der Waals surface area contributed by atoms with Crippen LogP contribution in [0.4, 0.5) is 0 Å². The topological polar surface area (TPSA) is 66.0 Å². The van der Waals surface area contributed by atoms with Crippen LogP contribution in [0.25, 0.3) is 4.96 Å². The SMILES string of the molecule is Cc1nn2c3c(nc2s1)CCNC3c1cc(C#N)cs1. The van der Waals surface area contributed by atoms with Crippen LogP contribution < -0.4 is 5.32 Å². The quantitative estimate of drug-likeness (QED) is 0.749. The minimum absolute atomic E-state index is 0.0855. The summed E-state index contributed by atoms with van der Waals surface area (Å²) < 4.78 is 1.96. The fraction of sp³-hybridized carbons (Fsp3) is 0.308. The molecule has 0 radical (unpaired) electrons. The van der Waals surface area contributed by atoms with Crippen LogP contribution >= 0.6 is 22.7 Å². The van der Waals surface area contributed by atoms with Crippen molar-refractivity contribution in [2.45, 2.75) is 19.4 Å². The Balaban J connectivity index is 1.90.